The summed E-state index contributed by atoms with van der Waals surface area (Å²) in [7, 11) is 0. The van der Waals surface area contributed by atoms with Gasteiger partial charge in [-0.2, -0.15) is 5.10 Å². The second-order valence-corrected chi connectivity index (χ2v) is 4.62. The Morgan fingerprint density at radius 3 is 2.58 bits per heavy atom. The summed E-state index contributed by atoms with van der Waals surface area (Å²) in [5.41, 5.74) is 13.6. The fourth-order valence-electron chi connectivity index (χ4n) is 1.85. The predicted molar refractivity (Wildman–Crippen MR) is 75.2 cm³/mol. The number of carbonyl (C=O) groups is 1. The fourth-order valence-corrected chi connectivity index (χ4v) is 2.11. The van der Waals surface area contributed by atoms with E-state index in [0.717, 1.165) is 11.3 Å². The second-order valence-electron chi connectivity index (χ2n) is 4.18. The average Bonchev–Trinajstić information content (AvgIpc) is 2.76. The number of primary amides is 1. The zero-order valence-corrected chi connectivity index (χ0v) is 11.4. The lowest BCUT2D eigenvalue weighted by molar-refractivity contribution is 0.100. The SMILES string of the molecule is Cc1cc(C)c(C(N)=S)c(-n2cc(C(N)=O)cn2)n1. The molecule has 0 aliphatic carbocycles. The topological polar surface area (TPSA) is 99.8 Å². The van der Waals surface area contributed by atoms with Gasteiger partial charge >= 0.3 is 0 Å². The smallest absolute Gasteiger partial charge is 0.251 e. The van der Waals surface area contributed by atoms with Crippen LogP contribution in [0, 0.1) is 13.8 Å². The van der Waals surface area contributed by atoms with E-state index >= 15 is 0 Å². The summed E-state index contributed by atoms with van der Waals surface area (Å²) in [6, 6.07) is 1.89. The Kier molecular flexibility index (Phi) is 3.30. The number of carbonyl (C=O) groups excluding carboxylic acids is 1. The minimum Gasteiger partial charge on any atom is -0.389 e. The van der Waals surface area contributed by atoms with Crippen LogP contribution in [0.2, 0.25) is 0 Å². The fraction of sp³-hybridized carbons (Fsp3) is 0.167. The molecular formula is C12H13N5OS. The molecule has 0 aliphatic rings. The van der Waals surface area contributed by atoms with Crippen molar-refractivity contribution in [2.45, 2.75) is 13.8 Å². The van der Waals surface area contributed by atoms with Gasteiger partial charge in [-0.1, -0.05) is 12.2 Å². The number of rotatable bonds is 3. The first-order chi connectivity index (χ1) is 8.90. The summed E-state index contributed by atoms with van der Waals surface area (Å²) in [4.78, 5) is 15.7. The van der Waals surface area contributed by atoms with Crippen molar-refractivity contribution in [3.63, 3.8) is 0 Å². The van der Waals surface area contributed by atoms with Gasteiger partial charge in [0.1, 0.15) is 4.99 Å². The van der Waals surface area contributed by atoms with Crippen LogP contribution >= 0.6 is 12.2 Å². The van der Waals surface area contributed by atoms with Gasteiger partial charge in [0.25, 0.3) is 5.91 Å². The number of amides is 1. The minimum atomic E-state index is -0.549. The van der Waals surface area contributed by atoms with Crippen molar-refractivity contribution in [3.8, 4) is 5.82 Å². The molecule has 0 atom stereocenters. The van der Waals surface area contributed by atoms with Crippen LogP contribution in [0.5, 0.6) is 0 Å². The average molecular weight is 275 g/mol. The van der Waals surface area contributed by atoms with Gasteiger partial charge in [0.15, 0.2) is 5.82 Å². The molecule has 0 radical (unpaired) electrons. The number of pyridine rings is 1. The lowest BCUT2D eigenvalue weighted by Gasteiger charge is -2.11. The maximum absolute atomic E-state index is 11.1. The van der Waals surface area contributed by atoms with Crippen LogP contribution in [-0.4, -0.2) is 25.7 Å². The third-order valence-electron chi connectivity index (χ3n) is 2.66. The Hall–Kier alpha value is -2.28. The van der Waals surface area contributed by atoms with E-state index in [1.165, 1.54) is 17.1 Å². The molecule has 0 bridgehead atoms. The molecule has 0 saturated carbocycles. The number of hydrogen-bond acceptors (Lipinski definition) is 4. The summed E-state index contributed by atoms with van der Waals surface area (Å²) in [6.45, 7) is 3.75. The molecule has 0 aliphatic heterocycles. The van der Waals surface area contributed by atoms with Crippen molar-refractivity contribution in [3.05, 3.63) is 40.8 Å². The zero-order valence-electron chi connectivity index (χ0n) is 10.5. The summed E-state index contributed by atoms with van der Waals surface area (Å²) < 4.78 is 1.45. The quantitative estimate of drug-likeness (QED) is 0.800. The van der Waals surface area contributed by atoms with E-state index in [1.807, 2.05) is 19.9 Å². The standard InChI is InChI=1S/C12H13N5OS/c1-6-3-7(2)16-12(9(6)11(14)19)17-5-8(4-15-17)10(13)18/h3-5H,1-2H3,(H2,13,18)(H2,14,19). The molecule has 0 fully saturated rings. The Morgan fingerprint density at radius 1 is 1.37 bits per heavy atom. The van der Waals surface area contributed by atoms with Crippen LogP contribution in [0.3, 0.4) is 0 Å². The molecule has 4 N–H and O–H groups in total. The first-order valence-corrected chi connectivity index (χ1v) is 5.94. The van der Waals surface area contributed by atoms with Gasteiger partial charge in [0.2, 0.25) is 0 Å². The summed E-state index contributed by atoms with van der Waals surface area (Å²) in [6.07, 6.45) is 2.89. The van der Waals surface area contributed by atoms with Crippen molar-refractivity contribution >= 4 is 23.1 Å². The van der Waals surface area contributed by atoms with Crippen molar-refractivity contribution < 1.29 is 4.79 Å². The Bertz CT molecular complexity index is 677. The van der Waals surface area contributed by atoms with Gasteiger partial charge in [0, 0.05) is 11.9 Å². The molecular weight excluding hydrogens is 262 g/mol. The van der Waals surface area contributed by atoms with Crippen LogP contribution in [0.25, 0.3) is 5.82 Å². The van der Waals surface area contributed by atoms with Gasteiger partial charge in [0.05, 0.1) is 17.3 Å². The predicted octanol–water partition coefficient (Wildman–Crippen LogP) is 0.617. The number of nitrogens with two attached hydrogens (primary N) is 2. The van der Waals surface area contributed by atoms with Gasteiger partial charge in [-0.05, 0) is 25.5 Å². The molecule has 2 rings (SSSR count). The highest BCUT2D eigenvalue weighted by Gasteiger charge is 2.15. The number of aryl methyl sites for hydroxylation is 2. The highest BCUT2D eigenvalue weighted by atomic mass is 32.1. The molecule has 0 saturated heterocycles. The number of hydrogen-bond donors (Lipinski definition) is 2. The van der Waals surface area contributed by atoms with E-state index in [9.17, 15) is 4.79 Å². The van der Waals surface area contributed by atoms with E-state index in [4.69, 9.17) is 23.7 Å². The van der Waals surface area contributed by atoms with E-state index in [1.54, 1.807) is 0 Å². The summed E-state index contributed by atoms with van der Waals surface area (Å²) >= 11 is 5.04. The first-order valence-electron chi connectivity index (χ1n) is 5.53. The second kappa shape index (κ2) is 4.77. The van der Waals surface area contributed by atoms with Crippen LogP contribution in [0.4, 0.5) is 0 Å². The largest absolute Gasteiger partial charge is 0.389 e. The molecule has 2 aromatic heterocycles. The van der Waals surface area contributed by atoms with Gasteiger partial charge in [-0.15, -0.1) is 0 Å². The Balaban J connectivity index is 2.66. The van der Waals surface area contributed by atoms with Crippen molar-refractivity contribution in [1.82, 2.24) is 14.8 Å². The van der Waals surface area contributed by atoms with Crippen LogP contribution in [0.15, 0.2) is 18.5 Å². The number of aromatic nitrogens is 3. The highest BCUT2D eigenvalue weighted by molar-refractivity contribution is 7.80. The molecule has 6 nitrogen and oxygen atoms in total. The number of nitrogens with zero attached hydrogens (tertiary/aromatic N) is 3. The summed E-state index contributed by atoms with van der Waals surface area (Å²) in [5, 5.41) is 4.07. The normalized spacial score (nSPS) is 10.4. The lowest BCUT2D eigenvalue weighted by Crippen LogP contribution is -2.17. The molecule has 19 heavy (non-hydrogen) atoms. The van der Waals surface area contributed by atoms with E-state index in [2.05, 4.69) is 10.1 Å². The van der Waals surface area contributed by atoms with Crippen molar-refractivity contribution in [1.29, 1.82) is 0 Å². The van der Waals surface area contributed by atoms with Gasteiger partial charge in [-0.3, -0.25) is 4.79 Å². The number of thiocarbonyl (C=S) groups is 1. The lowest BCUT2D eigenvalue weighted by atomic mass is 10.1. The van der Waals surface area contributed by atoms with E-state index < -0.39 is 5.91 Å². The Labute approximate surface area is 115 Å². The van der Waals surface area contributed by atoms with Crippen LogP contribution in [0.1, 0.15) is 27.2 Å². The van der Waals surface area contributed by atoms with Crippen molar-refractivity contribution in [2.24, 2.45) is 11.5 Å². The van der Waals surface area contributed by atoms with Crippen LogP contribution < -0.4 is 11.5 Å². The minimum absolute atomic E-state index is 0.233. The molecule has 1 amide bonds. The molecule has 7 heteroatoms. The monoisotopic (exact) mass is 275 g/mol. The van der Waals surface area contributed by atoms with Crippen molar-refractivity contribution in [2.75, 3.05) is 0 Å². The Morgan fingerprint density at radius 2 is 2.05 bits per heavy atom. The molecule has 0 unspecified atom stereocenters. The summed E-state index contributed by atoms with van der Waals surface area (Å²) in [5.74, 6) is -0.0509. The first kappa shape index (κ1) is 13.2. The molecule has 2 aromatic rings. The van der Waals surface area contributed by atoms with Gasteiger partial charge in [-0.25, -0.2) is 9.67 Å². The van der Waals surface area contributed by atoms with Crippen LogP contribution in [-0.2, 0) is 0 Å². The maximum atomic E-state index is 11.1. The molecule has 0 spiro atoms. The van der Waals surface area contributed by atoms with E-state index in [0.29, 0.717) is 16.9 Å². The van der Waals surface area contributed by atoms with E-state index in [-0.39, 0.29) is 4.99 Å². The zero-order chi connectivity index (χ0) is 14.2. The van der Waals surface area contributed by atoms with Gasteiger partial charge < -0.3 is 11.5 Å². The highest BCUT2D eigenvalue weighted by Crippen LogP contribution is 2.17. The third kappa shape index (κ3) is 2.45. The molecule has 98 valence electrons. The maximum Gasteiger partial charge on any atom is 0.251 e. The molecule has 0 aromatic carbocycles. The molecule has 2 heterocycles. The third-order valence-corrected chi connectivity index (χ3v) is 2.86.